The SMILES string of the molecule is C#CC(C)(C)N1CCCSCC1. The largest absolute Gasteiger partial charge is 0.287 e. The van der Waals surface area contributed by atoms with E-state index in [9.17, 15) is 0 Å². The molecular formula is C10H17NS. The van der Waals surface area contributed by atoms with Crippen molar-refractivity contribution in [3.05, 3.63) is 0 Å². The van der Waals surface area contributed by atoms with Crippen LogP contribution in [0, 0.1) is 12.3 Å². The standard InChI is InChI=1S/C10H17NS/c1-4-10(2,3)11-6-5-8-12-9-7-11/h1H,5-9H2,2-3H3. The summed E-state index contributed by atoms with van der Waals surface area (Å²) in [5.74, 6) is 5.37. The molecule has 68 valence electrons. The molecule has 1 aliphatic rings. The minimum atomic E-state index is -0.0507. The molecule has 2 heteroatoms. The number of thioether (sulfide) groups is 1. The van der Waals surface area contributed by atoms with E-state index in [0.29, 0.717) is 0 Å². The summed E-state index contributed by atoms with van der Waals surface area (Å²) in [7, 11) is 0. The summed E-state index contributed by atoms with van der Waals surface area (Å²) < 4.78 is 0. The van der Waals surface area contributed by atoms with Gasteiger partial charge in [-0.05, 0) is 26.0 Å². The van der Waals surface area contributed by atoms with Crippen molar-refractivity contribution in [3.8, 4) is 12.3 Å². The molecule has 0 bridgehead atoms. The number of nitrogens with zero attached hydrogens (tertiary/aromatic N) is 1. The highest BCUT2D eigenvalue weighted by molar-refractivity contribution is 7.99. The first-order chi connectivity index (χ1) is 5.67. The van der Waals surface area contributed by atoms with Crippen molar-refractivity contribution in [1.82, 2.24) is 4.90 Å². The van der Waals surface area contributed by atoms with Crippen LogP contribution in [0.3, 0.4) is 0 Å². The number of rotatable bonds is 1. The Hall–Kier alpha value is -0.130. The van der Waals surface area contributed by atoms with Crippen LogP contribution < -0.4 is 0 Å². The Morgan fingerprint density at radius 1 is 1.33 bits per heavy atom. The third-order valence-electron chi connectivity index (χ3n) is 2.37. The summed E-state index contributed by atoms with van der Waals surface area (Å²) in [6.07, 6.45) is 6.76. The third-order valence-corrected chi connectivity index (χ3v) is 3.41. The molecular weight excluding hydrogens is 166 g/mol. The number of terminal acetylenes is 1. The van der Waals surface area contributed by atoms with Gasteiger partial charge in [-0.25, -0.2) is 0 Å². The van der Waals surface area contributed by atoms with Crippen LogP contribution in [-0.4, -0.2) is 35.0 Å². The van der Waals surface area contributed by atoms with Gasteiger partial charge in [-0.2, -0.15) is 11.8 Å². The summed E-state index contributed by atoms with van der Waals surface area (Å²) in [6, 6.07) is 0. The summed E-state index contributed by atoms with van der Waals surface area (Å²) in [4.78, 5) is 2.41. The minimum Gasteiger partial charge on any atom is -0.287 e. The van der Waals surface area contributed by atoms with Crippen molar-refractivity contribution in [1.29, 1.82) is 0 Å². The molecule has 1 heterocycles. The molecule has 0 atom stereocenters. The Morgan fingerprint density at radius 2 is 2.08 bits per heavy atom. The lowest BCUT2D eigenvalue weighted by Gasteiger charge is -2.33. The van der Waals surface area contributed by atoms with E-state index in [-0.39, 0.29) is 5.54 Å². The molecule has 1 rings (SSSR count). The van der Waals surface area contributed by atoms with Gasteiger partial charge in [-0.3, -0.25) is 4.90 Å². The molecule has 0 aromatic rings. The summed E-state index contributed by atoms with van der Waals surface area (Å²) >= 11 is 2.04. The molecule has 0 N–H and O–H groups in total. The van der Waals surface area contributed by atoms with Gasteiger partial charge in [0, 0.05) is 18.8 Å². The maximum Gasteiger partial charge on any atom is 0.0766 e. The molecule has 0 unspecified atom stereocenters. The molecule has 0 aromatic carbocycles. The van der Waals surface area contributed by atoms with E-state index in [0.717, 1.165) is 13.1 Å². The fourth-order valence-corrected chi connectivity index (χ4v) is 2.28. The maximum absolute atomic E-state index is 5.49. The van der Waals surface area contributed by atoms with Crippen molar-refractivity contribution >= 4 is 11.8 Å². The molecule has 0 radical (unpaired) electrons. The first kappa shape index (κ1) is 9.95. The lowest BCUT2D eigenvalue weighted by atomic mass is 10.0. The smallest absolute Gasteiger partial charge is 0.0766 e. The second-order valence-corrected chi connectivity index (χ2v) is 4.88. The van der Waals surface area contributed by atoms with Crippen LogP contribution in [0.2, 0.25) is 0 Å². The average Bonchev–Trinajstić information content (AvgIpc) is 2.32. The van der Waals surface area contributed by atoms with Gasteiger partial charge in [0.2, 0.25) is 0 Å². The monoisotopic (exact) mass is 183 g/mol. The Labute approximate surface area is 79.9 Å². The van der Waals surface area contributed by atoms with Crippen molar-refractivity contribution in [2.45, 2.75) is 25.8 Å². The van der Waals surface area contributed by atoms with Gasteiger partial charge in [0.15, 0.2) is 0 Å². The van der Waals surface area contributed by atoms with E-state index in [2.05, 4.69) is 24.7 Å². The first-order valence-electron chi connectivity index (χ1n) is 4.47. The molecule has 0 aromatic heterocycles. The minimum absolute atomic E-state index is 0.0507. The van der Waals surface area contributed by atoms with Crippen LogP contribution in [0.15, 0.2) is 0 Å². The second-order valence-electron chi connectivity index (χ2n) is 3.66. The number of hydrogen-bond donors (Lipinski definition) is 0. The molecule has 12 heavy (non-hydrogen) atoms. The highest BCUT2D eigenvalue weighted by Crippen LogP contribution is 2.18. The fourth-order valence-electron chi connectivity index (χ4n) is 1.40. The first-order valence-corrected chi connectivity index (χ1v) is 5.63. The summed E-state index contributed by atoms with van der Waals surface area (Å²) in [5, 5.41) is 0. The summed E-state index contributed by atoms with van der Waals surface area (Å²) in [6.45, 7) is 6.55. The Bertz CT molecular complexity index is 173. The van der Waals surface area contributed by atoms with Crippen molar-refractivity contribution < 1.29 is 0 Å². The Balaban J connectivity index is 2.55. The molecule has 0 amide bonds. The highest BCUT2D eigenvalue weighted by atomic mass is 32.2. The zero-order valence-corrected chi connectivity index (χ0v) is 8.78. The van der Waals surface area contributed by atoms with Gasteiger partial charge in [0.05, 0.1) is 5.54 Å². The lowest BCUT2D eigenvalue weighted by molar-refractivity contribution is 0.184. The average molecular weight is 183 g/mol. The van der Waals surface area contributed by atoms with E-state index >= 15 is 0 Å². The number of hydrogen-bond acceptors (Lipinski definition) is 2. The van der Waals surface area contributed by atoms with E-state index in [1.165, 1.54) is 17.9 Å². The maximum atomic E-state index is 5.49. The van der Waals surface area contributed by atoms with E-state index in [1.807, 2.05) is 11.8 Å². The van der Waals surface area contributed by atoms with Crippen LogP contribution in [0.1, 0.15) is 20.3 Å². The van der Waals surface area contributed by atoms with Crippen molar-refractivity contribution in [2.75, 3.05) is 24.6 Å². The van der Waals surface area contributed by atoms with Gasteiger partial charge in [0.25, 0.3) is 0 Å². The van der Waals surface area contributed by atoms with Gasteiger partial charge in [-0.1, -0.05) is 5.92 Å². The molecule has 1 saturated heterocycles. The Kier molecular flexibility index (Phi) is 3.49. The highest BCUT2D eigenvalue weighted by Gasteiger charge is 2.24. The van der Waals surface area contributed by atoms with Crippen LogP contribution in [0.25, 0.3) is 0 Å². The quantitative estimate of drug-likeness (QED) is 0.571. The molecule has 1 fully saturated rings. The topological polar surface area (TPSA) is 3.24 Å². The fraction of sp³-hybridized carbons (Fsp3) is 0.800. The van der Waals surface area contributed by atoms with E-state index in [4.69, 9.17) is 6.42 Å². The Morgan fingerprint density at radius 3 is 2.75 bits per heavy atom. The molecule has 1 aliphatic heterocycles. The second kappa shape index (κ2) is 4.20. The zero-order valence-electron chi connectivity index (χ0n) is 7.97. The van der Waals surface area contributed by atoms with E-state index in [1.54, 1.807) is 0 Å². The van der Waals surface area contributed by atoms with Gasteiger partial charge in [-0.15, -0.1) is 6.42 Å². The molecule has 0 saturated carbocycles. The molecule has 0 spiro atoms. The molecule has 1 nitrogen and oxygen atoms in total. The van der Waals surface area contributed by atoms with Crippen LogP contribution in [-0.2, 0) is 0 Å². The third kappa shape index (κ3) is 2.43. The summed E-state index contributed by atoms with van der Waals surface area (Å²) in [5.41, 5.74) is -0.0507. The molecule has 0 aliphatic carbocycles. The van der Waals surface area contributed by atoms with Gasteiger partial charge in [0.1, 0.15) is 0 Å². The van der Waals surface area contributed by atoms with Gasteiger partial charge < -0.3 is 0 Å². The zero-order chi connectivity index (χ0) is 9.03. The van der Waals surface area contributed by atoms with Crippen LogP contribution >= 0.6 is 11.8 Å². The van der Waals surface area contributed by atoms with Crippen molar-refractivity contribution in [2.24, 2.45) is 0 Å². The predicted molar refractivity (Wildman–Crippen MR) is 56.4 cm³/mol. The lowest BCUT2D eigenvalue weighted by Crippen LogP contribution is -2.43. The van der Waals surface area contributed by atoms with Crippen molar-refractivity contribution in [3.63, 3.8) is 0 Å². The van der Waals surface area contributed by atoms with Crippen LogP contribution in [0.4, 0.5) is 0 Å². The predicted octanol–water partition coefficient (Wildman–Crippen LogP) is 1.84. The normalized spacial score (nSPS) is 21.4. The van der Waals surface area contributed by atoms with Gasteiger partial charge >= 0.3 is 0 Å². The van der Waals surface area contributed by atoms with E-state index < -0.39 is 0 Å². The van der Waals surface area contributed by atoms with Crippen LogP contribution in [0.5, 0.6) is 0 Å².